The van der Waals surface area contributed by atoms with Crippen molar-refractivity contribution in [1.29, 1.82) is 0 Å². The van der Waals surface area contributed by atoms with E-state index in [-0.39, 0.29) is 5.82 Å². The number of nitrogens with zero attached hydrogens (tertiary/aromatic N) is 1. The van der Waals surface area contributed by atoms with Crippen LogP contribution in [0, 0.1) is 11.2 Å². The van der Waals surface area contributed by atoms with Crippen LogP contribution in [0.25, 0.3) is 0 Å². The summed E-state index contributed by atoms with van der Waals surface area (Å²) in [6.07, 6.45) is 0.298. The van der Waals surface area contributed by atoms with Crippen LogP contribution >= 0.6 is 0 Å². The Morgan fingerprint density at radius 1 is 1.40 bits per heavy atom. The molecule has 1 heterocycles. The van der Waals surface area contributed by atoms with Gasteiger partial charge in [0.05, 0.1) is 18.6 Å². The number of anilines is 1. The van der Waals surface area contributed by atoms with E-state index >= 15 is 0 Å². The maximum Gasteiger partial charge on any atom is 0.309 e. The van der Waals surface area contributed by atoms with E-state index in [0.29, 0.717) is 19.6 Å². The highest BCUT2D eigenvalue weighted by Crippen LogP contribution is 2.30. The topological polar surface area (TPSA) is 49.8 Å². The molecular formula is C15H20FNO3. The largest absolute Gasteiger partial charge is 0.481 e. The molecule has 1 N–H and O–H groups in total. The second-order valence-corrected chi connectivity index (χ2v) is 5.74. The molecule has 1 aliphatic heterocycles. The number of halogens is 1. The second-order valence-electron chi connectivity index (χ2n) is 5.74. The highest BCUT2D eigenvalue weighted by molar-refractivity contribution is 5.74. The standard InChI is InChI=1S/C15H20FNO3/c1-15(2,14(18)19)10-11-9-12(16)3-4-13(11)17-5-7-20-8-6-17/h3-4,9H,5-8,10H2,1-2H3,(H,18,19). The first-order valence-electron chi connectivity index (χ1n) is 6.75. The van der Waals surface area contributed by atoms with E-state index in [9.17, 15) is 14.3 Å². The number of ether oxygens (including phenoxy) is 1. The van der Waals surface area contributed by atoms with Crippen LogP contribution in [-0.2, 0) is 16.0 Å². The number of hydrogen-bond acceptors (Lipinski definition) is 3. The number of carboxylic acids is 1. The number of benzene rings is 1. The van der Waals surface area contributed by atoms with E-state index in [1.165, 1.54) is 12.1 Å². The Morgan fingerprint density at radius 3 is 2.65 bits per heavy atom. The fourth-order valence-corrected chi connectivity index (χ4v) is 2.36. The first kappa shape index (κ1) is 14.8. The van der Waals surface area contributed by atoms with Crippen molar-refractivity contribution < 1.29 is 19.0 Å². The molecule has 0 radical (unpaired) electrons. The monoisotopic (exact) mass is 281 g/mol. The van der Waals surface area contributed by atoms with Crippen molar-refractivity contribution in [2.45, 2.75) is 20.3 Å². The van der Waals surface area contributed by atoms with Gasteiger partial charge in [0.25, 0.3) is 0 Å². The predicted octanol–water partition coefficient (Wildman–Crippen LogP) is 2.32. The molecule has 1 aliphatic rings. The van der Waals surface area contributed by atoms with Gasteiger partial charge in [0.15, 0.2) is 0 Å². The highest BCUT2D eigenvalue weighted by atomic mass is 19.1. The number of carboxylic acid groups (broad SMARTS) is 1. The zero-order valence-electron chi connectivity index (χ0n) is 11.9. The van der Waals surface area contributed by atoms with Crippen molar-refractivity contribution in [2.24, 2.45) is 5.41 Å². The molecule has 0 aromatic heterocycles. The molecule has 0 atom stereocenters. The van der Waals surface area contributed by atoms with Gasteiger partial charge in [-0.25, -0.2) is 4.39 Å². The Kier molecular flexibility index (Phi) is 4.28. The minimum atomic E-state index is -0.922. The smallest absolute Gasteiger partial charge is 0.309 e. The lowest BCUT2D eigenvalue weighted by molar-refractivity contribution is -0.146. The van der Waals surface area contributed by atoms with E-state index in [1.54, 1.807) is 19.9 Å². The first-order chi connectivity index (χ1) is 9.40. The van der Waals surface area contributed by atoms with Crippen LogP contribution in [0.1, 0.15) is 19.4 Å². The Hall–Kier alpha value is -1.62. The van der Waals surface area contributed by atoms with Crippen LogP contribution < -0.4 is 4.90 Å². The molecule has 1 aromatic carbocycles. The number of aliphatic carboxylic acids is 1. The fraction of sp³-hybridized carbons (Fsp3) is 0.533. The van der Waals surface area contributed by atoms with Crippen LogP contribution in [-0.4, -0.2) is 37.4 Å². The number of rotatable bonds is 4. The van der Waals surface area contributed by atoms with Gasteiger partial charge in [-0.15, -0.1) is 0 Å². The minimum Gasteiger partial charge on any atom is -0.481 e. The van der Waals surface area contributed by atoms with Gasteiger partial charge in [-0.1, -0.05) is 0 Å². The summed E-state index contributed by atoms with van der Waals surface area (Å²) in [6, 6.07) is 4.59. The average Bonchev–Trinajstić information content (AvgIpc) is 2.39. The minimum absolute atomic E-state index is 0.298. The van der Waals surface area contributed by atoms with Gasteiger partial charge in [0.2, 0.25) is 0 Å². The van der Waals surface area contributed by atoms with Crippen LogP contribution in [0.4, 0.5) is 10.1 Å². The fourth-order valence-electron chi connectivity index (χ4n) is 2.36. The Morgan fingerprint density at radius 2 is 2.05 bits per heavy atom. The second kappa shape index (κ2) is 5.79. The highest BCUT2D eigenvalue weighted by Gasteiger charge is 2.29. The van der Waals surface area contributed by atoms with Crippen LogP contribution in [0.3, 0.4) is 0 Å². The molecule has 0 saturated carbocycles. The molecule has 0 spiro atoms. The van der Waals surface area contributed by atoms with Crippen molar-refractivity contribution in [3.05, 3.63) is 29.6 Å². The summed E-state index contributed by atoms with van der Waals surface area (Å²) in [5.74, 6) is -1.21. The quantitative estimate of drug-likeness (QED) is 0.920. The van der Waals surface area contributed by atoms with Gasteiger partial charge >= 0.3 is 5.97 Å². The first-order valence-corrected chi connectivity index (χ1v) is 6.75. The van der Waals surface area contributed by atoms with Gasteiger partial charge in [-0.2, -0.15) is 0 Å². The van der Waals surface area contributed by atoms with Crippen molar-refractivity contribution in [1.82, 2.24) is 0 Å². The third-order valence-corrected chi connectivity index (χ3v) is 3.60. The lowest BCUT2D eigenvalue weighted by atomic mass is 9.85. The van der Waals surface area contributed by atoms with E-state index in [1.807, 2.05) is 0 Å². The Labute approximate surface area is 118 Å². The summed E-state index contributed by atoms with van der Waals surface area (Å²) in [5.41, 5.74) is 0.720. The molecule has 0 unspecified atom stereocenters. The van der Waals surface area contributed by atoms with E-state index in [0.717, 1.165) is 24.3 Å². The molecule has 4 nitrogen and oxygen atoms in total. The summed E-state index contributed by atoms with van der Waals surface area (Å²) >= 11 is 0. The molecule has 20 heavy (non-hydrogen) atoms. The van der Waals surface area contributed by atoms with E-state index < -0.39 is 11.4 Å². The Balaban J connectivity index is 2.30. The van der Waals surface area contributed by atoms with Gasteiger partial charge in [-0.05, 0) is 44.0 Å². The van der Waals surface area contributed by atoms with Crippen LogP contribution in [0.2, 0.25) is 0 Å². The molecule has 0 bridgehead atoms. The summed E-state index contributed by atoms with van der Waals surface area (Å²) in [6.45, 7) is 6.07. The molecule has 0 amide bonds. The van der Waals surface area contributed by atoms with E-state index in [4.69, 9.17) is 4.74 Å². The zero-order valence-corrected chi connectivity index (χ0v) is 11.9. The van der Waals surface area contributed by atoms with Crippen molar-refractivity contribution in [2.75, 3.05) is 31.2 Å². The molecule has 1 saturated heterocycles. The maximum atomic E-state index is 13.5. The summed E-state index contributed by atoms with van der Waals surface area (Å²) in [7, 11) is 0. The van der Waals surface area contributed by atoms with Gasteiger partial charge in [-0.3, -0.25) is 4.79 Å². The summed E-state index contributed by atoms with van der Waals surface area (Å²) < 4.78 is 18.8. The molecule has 0 aliphatic carbocycles. The van der Waals surface area contributed by atoms with Crippen LogP contribution in [0.15, 0.2) is 18.2 Å². The molecule has 2 rings (SSSR count). The van der Waals surface area contributed by atoms with Crippen molar-refractivity contribution in [3.63, 3.8) is 0 Å². The molecule has 110 valence electrons. The molecule has 1 fully saturated rings. The zero-order chi connectivity index (χ0) is 14.8. The Bertz CT molecular complexity index is 496. The van der Waals surface area contributed by atoms with Crippen molar-refractivity contribution >= 4 is 11.7 Å². The van der Waals surface area contributed by atoms with Gasteiger partial charge in [0, 0.05) is 18.8 Å². The summed E-state index contributed by atoms with van der Waals surface area (Å²) in [5, 5.41) is 9.25. The third-order valence-electron chi connectivity index (χ3n) is 3.60. The normalized spacial score (nSPS) is 16.2. The SMILES string of the molecule is CC(C)(Cc1cc(F)ccc1N1CCOCC1)C(=O)O. The molecule has 1 aromatic rings. The number of morpholine rings is 1. The van der Waals surface area contributed by atoms with Gasteiger partial charge in [0.1, 0.15) is 5.82 Å². The molecule has 5 heteroatoms. The average molecular weight is 281 g/mol. The maximum absolute atomic E-state index is 13.5. The van der Waals surface area contributed by atoms with Gasteiger partial charge < -0.3 is 14.7 Å². The third kappa shape index (κ3) is 3.28. The molecular weight excluding hydrogens is 261 g/mol. The lowest BCUT2D eigenvalue weighted by Crippen LogP contribution is -2.37. The number of carbonyl (C=O) groups is 1. The van der Waals surface area contributed by atoms with Crippen LogP contribution in [0.5, 0.6) is 0 Å². The lowest BCUT2D eigenvalue weighted by Gasteiger charge is -2.32. The predicted molar refractivity (Wildman–Crippen MR) is 74.6 cm³/mol. The summed E-state index contributed by atoms with van der Waals surface area (Å²) in [4.78, 5) is 13.4. The van der Waals surface area contributed by atoms with Crippen molar-refractivity contribution in [3.8, 4) is 0 Å². The van der Waals surface area contributed by atoms with E-state index in [2.05, 4.69) is 4.90 Å². The number of hydrogen-bond donors (Lipinski definition) is 1.